The van der Waals surface area contributed by atoms with Crippen LogP contribution in [0.15, 0.2) is 42.7 Å². The summed E-state index contributed by atoms with van der Waals surface area (Å²) in [6.07, 6.45) is 1.39. The van der Waals surface area contributed by atoms with E-state index < -0.39 is 36.4 Å². The predicted octanol–water partition coefficient (Wildman–Crippen LogP) is 1.47. The Morgan fingerprint density at radius 1 is 0.923 bits per heavy atom. The number of fused-ring (bicyclic) bond motifs is 3. The van der Waals surface area contributed by atoms with Crippen molar-refractivity contribution >= 4 is 39.7 Å². The molecule has 9 heteroatoms. The Balaban J connectivity index is 0.000000187. The van der Waals surface area contributed by atoms with Gasteiger partial charge in [-0.25, -0.2) is 4.79 Å². The first-order valence-corrected chi connectivity index (χ1v) is 7.43. The van der Waals surface area contributed by atoms with Gasteiger partial charge >= 0.3 is 17.9 Å². The van der Waals surface area contributed by atoms with Gasteiger partial charge in [-0.2, -0.15) is 0 Å². The van der Waals surface area contributed by atoms with Gasteiger partial charge in [-0.15, -0.1) is 0 Å². The molecule has 2 aromatic heterocycles. The maximum absolute atomic E-state index is 10.3. The highest BCUT2D eigenvalue weighted by Crippen LogP contribution is 2.23. The Hall–Kier alpha value is -3.46. The third kappa shape index (κ3) is 4.33. The number of aliphatic carboxylic acids is 3. The number of pyridine rings is 1. The molecule has 0 spiro atoms. The molecule has 0 radical (unpaired) electrons. The second-order valence-electron chi connectivity index (χ2n) is 5.57. The van der Waals surface area contributed by atoms with Crippen LogP contribution in [0, 0.1) is 0 Å². The van der Waals surface area contributed by atoms with Crippen molar-refractivity contribution < 1.29 is 34.8 Å². The zero-order chi connectivity index (χ0) is 19.3. The number of carbonyl (C=O) groups is 3. The second kappa shape index (κ2) is 7.62. The topological polar surface area (TPSA) is 161 Å². The number of aromatic nitrogens is 2. The van der Waals surface area contributed by atoms with Crippen molar-refractivity contribution in [2.24, 2.45) is 0 Å². The minimum atomic E-state index is -2.74. The van der Waals surface area contributed by atoms with Gasteiger partial charge in [0.25, 0.3) is 0 Å². The lowest BCUT2D eigenvalue weighted by molar-refractivity contribution is -0.170. The maximum atomic E-state index is 10.3. The number of hydrogen-bond donors (Lipinski definition) is 5. The number of hydrogen-bond acceptors (Lipinski definition) is 5. The number of aromatic amines is 1. The minimum absolute atomic E-state index is 1.10. The zero-order valence-electron chi connectivity index (χ0n) is 13.4. The maximum Gasteiger partial charge on any atom is 0.336 e. The Morgan fingerprint density at radius 2 is 1.50 bits per heavy atom. The van der Waals surface area contributed by atoms with Crippen molar-refractivity contribution in [3.8, 4) is 0 Å². The highest BCUT2D eigenvalue weighted by atomic mass is 16.4. The van der Waals surface area contributed by atoms with Gasteiger partial charge < -0.3 is 25.4 Å². The molecule has 1 aromatic carbocycles. The van der Waals surface area contributed by atoms with Crippen molar-refractivity contribution in [3.63, 3.8) is 0 Å². The number of nitrogens with zero attached hydrogens (tertiary/aromatic N) is 1. The largest absolute Gasteiger partial charge is 0.481 e. The van der Waals surface area contributed by atoms with Crippen molar-refractivity contribution in [2.75, 3.05) is 0 Å². The van der Waals surface area contributed by atoms with E-state index in [9.17, 15) is 14.4 Å². The first kappa shape index (κ1) is 18.9. The van der Waals surface area contributed by atoms with E-state index in [1.165, 1.54) is 16.3 Å². The predicted molar refractivity (Wildman–Crippen MR) is 90.7 cm³/mol. The molecule has 3 aromatic rings. The van der Waals surface area contributed by atoms with Crippen LogP contribution >= 0.6 is 0 Å². The van der Waals surface area contributed by atoms with E-state index in [0.717, 1.165) is 5.52 Å². The number of aliphatic hydroxyl groups is 1. The second-order valence-corrected chi connectivity index (χ2v) is 5.57. The zero-order valence-corrected chi connectivity index (χ0v) is 13.4. The van der Waals surface area contributed by atoms with Crippen LogP contribution in [0.2, 0.25) is 0 Å². The summed E-state index contributed by atoms with van der Waals surface area (Å²) in [4.78, 5) is 37.9. The molecule has 0 bridgehead atoms. The molecule has 26 heavy (non-hydrogen) atoms. The summed E-state index contributed by atoms with van der Waals surface area (Å²) in [6, 6.07) is 10.3. The highest BCUT2D eigenvalue weighted by molar-refractivity contribution is 6.06. The normalized spacial score (nSPS) is 11.0. The highest BCUT2D eigenvalue weighted by Gasteiger charge is 2.40. The molecule has 0 aliphatic carbocycles. The van der Waals surface area contributed by atoms with Gasteiger partial charge in [-0.3, -0.25) is 14.6 Å². The van der Waals surface area contributed by atoms with E-state index in [4.69, 9.17) is 20.4 Å². The molecule has 0 unspecified atom stereocenters. The summed E-state index contributed by atoms with van der Waals surface area (Å²) in [7, 11) is 0. The number of carboxylic acid groups (broad SMARTS) is 3. The molecule has 2 heterocycles. The average Bonchev–Trinajstić information content (AvgIpc) is 2.92. The monoisotopic (exact) mass is 360 g/mol. The summed E-state index contributed by atoms with van der Waals surface area (Å²) in [5.74, 6) is -5.02. The van der Waals surface area contributed by atoms with E-state index in [0.29, 0.717) is 0 Å². The lowest BCUT2D eigenvalue weighted by Crippen LogP contribution is -2.42. The van der Waals surface area contributed by atoms with Gasteiger partial charge in [-0.05, 0) is 12.1 Å². The molecule has 0 aliphatic rings. The summed E-state index contributed by atoms with van der Waals surface area (Å²) in [5, 5.41) is 36.3. The van der Waals surface area contributed by atoms with Crippen molar-refractivity contribution in [2.45, 2.75) is 18.4 Å². The molecule has 0 amide bonds. The van der Waals surface area contributed by atoms with Crippen LogP contribution in [-0.2, 0) is 14.4 Å². The summed E-state index contributed by atoms with van der Waals surface area (Å²) < 4.78 is 0. The lowest BCUT2D eigenvalue weighted by Gasteiger charge is -2.18. The Morgan fingerprint density at radius 3 is 2.08 bits per heavy atom. The quantitative estimate of drug-likeness (QED) is 0.457. The van der Waals surface area contributed by atoms with Crippen LogP contribution < -0.4 is 0 Å². The van der Waals surface area contributed by atoms with Gasteiger partial charge in [0.15, 0.2) is 5.60 Å². The Labute approximate surface area is 146 Å². The first-order chi connectivity index (χ1) is 12.2. The van der Waals surface area contributed by atoms with E-state index in [1.54, 1.807) is 0 Å². The number of H-pyrrole nitrogens is 1. The van der Waals surface area contributed by atoms with Gasteiger partial charge in [-0.1, -0.05) is 18.2 Å². The fourth-order valence-electron chi connectivity index (χ4n) is 2.42. The third-order valence-electron chi connectivity index (χ3n) is 3.59. The van der Waals surface area contributed by atoms with Gasteiger partial charge in [0.05, 0.1) is 24.6 Å². The molecule has 0 saturated carbocycles. The Kier molecular flexibility index (Phi) is 5.53. The first-order valence-electron chi connectivity index (χ1n) is 7.43. The molecule has 5 N–H and O–H groups in total. The van der Waals surface area contributed by atoms with Crippen LogP contribution in [0.4, 0.5) is 0 Å². The molecule has 9 nitrogen and oxygen atoms in total. The summed E-state index contributed by atoms with van der Waals surface area (Å²) in [5.41, 5.74) is -0.466. The summed E-state index contributed by atoms with van der Waals surface area (Å²) in [6.45, 7) is 0. The van der Waals surface area contributed by atoms with E-state index in [2.05, 4.69) is 28.2 Å². The van der Waals surface area contributed by atoms with Crippen LogP contribution in [0.5, 0.6) is 0 Å². The lowest BCUT2D eigenvalue weighted by atomic mass is 9.96. The van der Waals surface area contributed by atoms with Crippen LogP contribution in [-0.4, -0.2) is 53.9 Å². The molecule has 0 aliphatic heterocycles. The van der Waals surface area contributed by atoms with E-state index in [1.807, 2.05) is 24.5 Å². The van der Waals surface area contributed by atoms with Crippen LogP contribution in [0.3, 0.4) is 0 Å². The fraction of sp³-hybridized carbons (Fsp3) is 0.176. The fourth-order valence-corrected chi connectivity index (χ4v) is 2.42. The number of carboxylic acids is 3. The molecular formula is C17H16N2O7. The van der Waals surface area contributed by atoms with Gasteiger partial charge in [0.1, 0.15) is 0 Å². The van der Waals surface area contributed by atoms with Gasteiger partial charge in [0.2, 0.25) is 0 Å². The van der Waals surface area contributed by atoms with E-state index >= 15 is 0 Å². The molecular weight excluding hydrogens is 344 g/mol. The van der Waals surface area contributed by atoms with Crippen molar-refractivity contribution in [1.82, 2.24) is 9.97 Å². The van der Waals surface area contributed by atoms with Gasteiger partial charge in [0, 0.05) is 22.5 Å². The molecule has 0 atom stereocenters. The standard InChI is InChI=1S/C11H8N2.C6H8O7/c1-2-4-10-8(3-1)9-5-6-12-7-11(9)13-10;7-3(8)1-6(13,5(11)12)2-4(9)10/h1-7,13H;13H,1-2H2,(H,7,8)(H,9,10)(H,11,12). The minimum Gasteiger partial charge on any atom is -0.481 e. The average molecular weight is 360 g/mol. The van der Waals surface area contributed by atoms with E-state index in [-0.39, 0.29) is 0 Å². The SMILES string of the molecule is O=C(O)CC(O)(CC(=O)O)C(=O)O.c1ccc2c(c1)[nH]c1cnccc12. The van der Waals surface area contributed by atoms with Crippen molar-refractivity contribution in [1.29, 1.82) is 0 Å². The molecule has 0 fully saturated rings. The summed E-state index contributed by atoms with van der Waals surface area (Å²) >= 11 is 0. The number of rotatable bonds is 5. The third-order valence-corrected chi connectivity index (χ3v) is 3.59. The number of para-hydroxylation sites is 1. The van der Waals surface area contributed by atoms with Crippen LogP contribution in [0.1, 0.15) is 12.8 Å². The number of benzene rings is 1. The smallest absolute Gasteiger partial charge is 0.336 e. The van der Waals surface area contributed by atoms with Crippen LogP contribution in [0.25, 0.3) is 21.8 Å². The molecule has 136 valence electrons. The molecule has 0 saturated heterocycles. The number of nitrogens with one attached hydrogen (secondary N) is 1. The molecule has 3 rings (SSSR count). The van der Waals surface area contributed by atoms with Crippen molar-refractivity contribution in [3.05, 3.63) is 42.7 Å². The Bertz CT molecular complexity index is 898.